The van der Waals surface area contributed by atoms with Crippen LogP contribution in [0.4, 0.5) is 0 Å². The maximum Gasteiger partial charge on any atom is 0.152 e. The Labute approximate surface area is 90.8 Å². The molecule has 1 atom stereocenters. The normalized spacial score (nSPS) is 13.0. The SMILES string of the molecule is CCCn1ncnc1COC(C)CNC. The van der Waals surface area contributed by atoms with Gasteiger partial charge in [0.1, 0.15) is 12.9 Å². The lowest BCUT2D eigenvalue weighted by Crippen LogP contribution is -2.24. The van der Waals surface area contributed by atoms with Gasteiger partial charge in [-0.1, -0.05) is 6.92 Å². The van der Waals surface area contributed by atoms with Crippen LogP contribution in [0.15, 0.2) is 6.33 Å². The zero-order valence-electron chi connectivity index (χ0n) is 9.73. The summed E-state index contributed by atoms with van der Waals surface area (Å²) >= 11 is 0. The smallest absolute Gasteiger partial charge is 0.152 e. The van der Waals surface area contributed by atoms with Crippen molar-refractivity contribution in [1.29, 1.82) is 0 Å². The van der Waals surface area contributed by atoms with Crippen molar-refractivity contribution in [3.8, 4) is 0 Å². The Morgan fingerprint density at radius 1 is 1.60 bits per heavy atom. The number of likely N-dealkylation sites (N-methyl/N-ethyl adjacent to an activating group) is 1. The van der Waals surface area contributed by atoms with E-state index in [1.165, 1.54) is 0 Å². The lowest BCUT2D eigenvalue weighted by atomic mass is 10.4. The quantitative estimate of drug-likeness (QED) is 0.727. The van der Waals surface area contributed by atoms with Crippen molar-refractivity contribution < 1.29 is 4.74 Å². The van der Waals surface area contributed by atoms with Crippen molar-refractivity contribution in [3.63, 3.8) is 0 Å². The zero-order valence-corrected chi connectivity index (χ0v) is 9.73. The number of hydrogen-bond acceptors (Lipinski definition) is 4. The van der Waals surface area contributed by atoms with Crippen molar-refractivity contribution >= 4 is 0 Å². The van der Waals surface area contributed by atoms with E-state index < -0.39 is 0 Å². The van der Waals surface area contributed by atoms with E-state index in [4.69, 9.17) is 4.74 Å². The first-order chi connectivity index (χ1) is 7.27. The highest BCUT2D eigenvalue weighted by Gasteiger charge is 2.06. The Morgan fingerprint density at radius 2 is 2.40 bits per heavy atom. The van der Waals surface area contributed by atoms with Crippen molar-refractivity contribution in [2.45, 2.75) is 39.5 Å². The van der Waals surface area contributed by atoms with Crippen molar-refractivity contribution in [2.75, 3.05) is 13.6 Å². The Balaban J connectivity index is 2.39. The number of nitrogens with one attached hydrogen (secondary N) is 1. The molecule has 1 unspecified atom stereocenters. The average Bonchev–Trinajstić information content (AvgIpc) is 2.64. The molecule has 5 nitrogen and oxygen atoms in total. The molecule has 0 fully saturated rings. The van der Waals surface area contributed by atoms with Gasteiger partial charge in [0.2, 0.25) is 0 Å². The van der Waals surface area contributed by atoms with E-state index in [1.54, 1.807) is 6.33 Å². The zero-order chi connectivity index (χ0) is 11.1. The second kappa shape index (κ2) is 6.53. The van der Waals surface area contributed by atoms with Gasteiger partial charge in [0.05, 0.1) is 6.10 Å². The molecule has 0 aliphatic carbocycles. The maximum absolute atomic E-state index is 5.63. The second-order valence-corrected chi connectivity index (χ2v) is 3.58. The molecular weight excluding hydrogens is 192 g/mol. The largest absolute Gasteiger partial charge is 0.369 e. The van der Waals surface area contributed by atoms with E-state index in [-0.39, 0.29) is 6.10 Å². The van der Waals surface area contributed by atoms with Gasteiger partial charge in [0, 0.05) is 13.1 Å². The fourth-order valence-corrected chi connectivity index (χ4v) is 1.36. The summed E-state index contributed by atoms with van der Waals surface area (Å²) < 4.78 is 7.52. The average molecular weight is 212 g/mol. The molecule has 15 heavy (non-hydrogen) atoms. The Morgan fingerprint density at radius 3 is 3.07 bits per heavy atom. The van der Waals surface area contributed by atoms with Crippen LogP contribution in [0.25, 0.3) is 0 Å². The van der Waals surface area contributed by atoms with E-state index in [1.807, 2.05) is 18.7 Å². The molecule has 0 saturated carbocycles. The van der Waals surface area contributed by atoms with E-state index in [0.29, 0.717) is 6.61 Å². The molecule has 5 heteroatoms. The molecule has 0 saturated heterocycles. The van der Waals surface area contributed by atoms with Gasteiger partial charge >= 0.3 is 0 Å². The Bertz CT molecular complexity index is 274. The van der Waals surface area contributed by atoms with Gasteiger partial charge in [-0.15, -0.1) is 0 Å². The lowest BCUT2D eigenvalue weighted by molar-refractivity contribution is 0.0481. The highest BCUT2D eigenvalue weighted by molar-refractivity contribution is 4.81. The fraction of sp³-hybridized carbons (Fsp3) is 0.800. The van der Waals surface area contributed by atoms with E-state index >= 15 is 0 Å². The lowest BCUT2D eigenvalue weighted by Gasteiger charge is -2.12. The monoisotopic (exact) mass is 212 g/mol. The Hall–Kier alpha value is -0.940. The van der Waals surface area contributed by atoms with E-state index in [2.05, 4.69) is 22.3 Å². The van der Waals surface area contributed by atoms with Crippen LogP contribution in [0, 0.1) is 0 Å². The predicted octanol–water partition coefficient (Wildman–Crippen LogP) is 0.813. The van der Waals surface area contributed by atoms with Crippen LogP contribution < -0.4 is 5.32 Å². The highest BCUT2D eigenvalue weighted by atomic mass is 16.5. The van der Waals surface area contributed by atoms with Gasteiger partial charge in [0.15, 0.2) is 5.82 Å². The van der Waals surface area contributed by atoms with Gasteiger partial charge in [-0.3, -0.25) is 0 Å². The Kier molecular flexibility index (Phi) is 5.28. The van der Waals surface area contributed by atoms with Gasteiger partial charge in [-0.25, -0.2) is 9.67 Å². The molecule has 0 aliphatic heterocycles. The molecule has 86 valence electrons. The van der Waals surface area contributed by atoms with Crippen LogP contribution in [0.5, 0.6) is 0 Å². The van der Waals surface area contributed by atoms with Gasteiger partial charge in [-0.2, -0.15) is 5.10 Å². The number of nitrogens with zero attached hydrogens (tertiary/aromatic N) is 3. The third-order valence-corrected chi connectivity index (χ3v) is 2.12. The second-order valence-electron chi connectivity index (χ2n) is 3.58. The minimum atomic E-state index is 0.196. The van der Waals surface area contributed by atoms with E-state index in [0.717, 1.165) is 25.3 Å². The van der Waals surface area contributed by atoms with Gasteiger partial charge in [-0.05, 0) is 20.4 Å². The van der Waals surface area contributed by atoms with Crippen molar-refractivity contribution in [3.05, 3.63) is 12.2 Å². The summed E-state index contributed by atoms with van der Waals surface area (Å²) in [5.41, 5.74) is 0. The van der Waals surface area contributed by atoms with Crippen molar-refractivity contribution in [1.82, 2.24) is 20.1 Å². The topological polar surface area (TPSA) is 52.0 Å². The third kappa shape index (κ3) is 3.97. The summed E-state index contributed by atoms with van der Waals surface area (Å²) in [6, 6.07) is 0. The van der Waals surface area contributed by atoms with E-state index in [9.17, 15) is 0 Å². The van der Waals surface area contributed by atoms with Crippen LogP contribution in [-0.2, 0) is 17.9 Å². The molecule has 0 amide bonds. The molecule has 0 aromatic carbocycles. The van der Waals surface area contributed by atoms with Crippen LogP contribution in [-0.4, -0.2) is 34.5 Å². The molecule has 0 spiro atoms. The number of hydrogen-bond donors (Lipinski definition) is 1. The first kappa shape index (κ1) is 12.1. The predicted molar refractivity (Wildman–Crippen MR) is 58.5 cm³/mol. The molecule has 1 aromatic heterocycles. The van der Waals surface area contributed by atoms with Crippen LogP contribution >= 0.6 is 0 Å². The molecule has 1 N–H and O–H groups in total. The van der Waals surface area contributed by atoms with Crippen LogP contribution in [0.2, 0.25) is 0 Å². The molecule has 1 aromatic rings. The van der Waals surface area contributed by atoms with Gasteiger partial charge in [0.25, 0.3) is 0 Å². The summed E-state index contributed by atoms with van der Waals surface area (Å²) in [6.07, 6.45) is 2.83. The number of ether oxygens (including phenoxy) is 1. The summed E-state index contributed by atoms with van der Waals surface area (Å²) in [4.78, 5) is 4.17. The minimum Gasteiger partial charge on any atom is -0.369 e. The summed E-state index contributed by atoms with van der Waals surface area (Å²) in [5.74, 6) is 0.903. The number of aryl methyl sites for hydroxylation is 1. The number of aromatic nitrogens is 3. The maximum atomic E-state index is 5.63. The van der Waals surface area contributed by atoms with Crippen LogP contribution in [0.1, 0.15) is 26.1 Å². The number of rotatable bonds is 7. The summed E-state index contributed by atoms with van der Waals surface area (Å²) in [5, 5.41) is 7.21. The molecule has 0 bridgehead atoms. The summed E-state index contributed by atoms with van der Waals surface area (Å²) in [7, 11) is 1.92. The van der Waals surface area contributed by atoms with Gasteiger partial charge < -0.3 is 10.1 Å². The standard InChI is InChI=1S/C10H20N4O/c1-4-5-14-10(12-8-13-14)7-15-9(2)6-11-3/h8-9,11H,4-7H2,1-3H3. The molecular formula is C10H20N4O. The molecule has 1 heterocycles. The fourth-order valence-electron chi connectivity index (χ4n) is 1.36. The molecule has 0 aliphatic rings. The third-order valence-electron chi connectivity index (χ3n) is 2.12. The molecule has 1 rings (SSSR count). The minimum absolute atomic E-state index is 0.196. The van der Waals surface area contributed by atoms with Crippen molar-refractivity contribution in [2.24, 2.45) is 0 Å². The first-order valence-electron chi connectivity index (χ1n) is 5.40. The summed E-state index contributed by atoms with van der Waals surface area (Å²) in [6.45, 7) is 6.44. The highest BCUT2D eigenvalue weighted by Crippen LogP contribution is 2.00. The van der Waals surface area contributed by atoms with Crippen LogP contribution in [0.3, 0.4) is 0 Å². The first-order valence-corrected chi connectivity index (χ1v) is 5.40. The molecule has 0 radical (unpaired) electrons.